The molecule has 0 saturated carbocycles. The normalized spacial score (nSPS) is 11.0. The predicted octanol–water partition coefficient (Wildman–Crippen LogP) is 2.58. The van der Waals surface area contributed by atoms with Gasteiger partial charge in [-0.3, -0.25) is 9.36 Å². The number of rotatable bonds is 7. The molecule has 2 N–H and O–H groups in total. The van der Waals surface area contributed by atoms with Gasteiger partial charge in [-0.05, 0) is 31.2 Å². The van der Waals surface area contributed by atoms with E-state index in [1.807, 2.05) is 6.92 Å². The van der Waals surface area contributed by atoms with Crippen LogP contribution >= 0.6 is 0 Å². The van der Waals surface area contributed by atoms with Crippen molar-refractivity contribution < 1.29 is 19.4 Å². The van der Waals surface area contributed by atoms with Crippen LogP contribution in [0.2, 0.25) is 0 Å². The number of aromatic nitrogens is 2. The first kappa shape index (κ1) is 19.9. The third-order valence-corrected chi connectivity index (χ3v) is 4.34. The van der Waals surface area contributed by atoms with Gasteiger partial charge >= 0.3 is 5.97 Å². The number of fused-ring (bicyclic) bond motifs is 1. The van der Waals surface area contributed by atoms with E-state index in [9.17, 15) is 14.7 Å². The van der Waals surface area contributed by atoms with Crippen molar-refractivity contribution in [2.45, 2.75) is 13.5 Å². The second kappa shape index (κ2) is 8.42. The number of nitrogens with zero attached hydrogens (tertiary/aromatic N) is 3. The van der Waals surface area contributed by atoms with Gasteiger partial charge in [0.2, 0.25) is 5.95 Å². The predicted molar refractivity (Wildman–Crippen MR) is 109 cm³/mol. The van der Waals surface area contributed by atoms with Crippen LogP contribution in [0.1, 0.15) is 22.8 Å². The second-order valence-electron chi connectivity index (χ2n) is 5.94. The summed E-state index contributed by atoms with van der Waals surface area (Å²) in [4.78, 5) is 28.8. The molecule has 3 aromatic rings. The van der Waals surface area contributed by atoms with Crippen LogP contribution in [0, 0.1) is 0 Å². The summed E-state index contributed by atoms with van der Waals surface area (Å²) in [6.45, 7) is 2.22. The third kappa shape index (κ3) is 3.75. The fraction of sp³-hybridized carbons (Fsp3) is 0.200. The third-order valence-electron chi connectivity index (χ3n) is 4.34. The Morgan fingerprint density at radius 2 is 2.00 bits per heavy atom. The van der Waals surface area contributed by atoms with Gasteiger partial charge in [-0.25, -0.2) is 15.2 Å². The van der Waals surface area contributed by atoms with Crippen LogP contribution in [0.5, 0.6) is 11.5 Å². The van der Waals surface area contributed by atoms with E-state index in [0.717, 1.165) is 0 Å². The lowest BCUT2D eigenvalue weighted by molar-refractivity contribution is 0.0692. The van der Waals surface area contributed by atoms with Crippen LogP contribution in [0.3, 0.4) is 0 Å². The Labute approximate surface area is 166 Å². The fourth-order valence-electron chi connectivity index (χ4n) is 2.98. The Morgan fingerprint density at radius 3 is 2.66 bits per heavy atom. The van der Waals surface area contributed by atoms with Gasteiger partial charge in [0.05, 0.1) is 31.3 Å². The summed E-state index contributed by atoms with van der Waals surface area (Å²) in [7, 11) is 2.79. The molecule has 0 fully saturated rings. The van der Waals surface area contributed by atoms with Gasteiger partial charge in [-0.1, -0.05) is 12.1 Å². The number of ether oxygens (including phenoxy) is 2. The molecule has 0 unspecified atom stereocenters. The molecule has 9 heteroatoms. The number of para-hydroxylation sites is 1. The van der Waals surface area contributed by atoms with E-state index in [2.05, 4.69) is 15.5 Å². The average molecular weight is 396 g/mol. The van der Waals surface area contributed by atoms with E-state index in [1.165, 1.54) is 25.0 Å². The number of carboxylic acid groups (broad SMARTS) is 1. The molecule has 0 saturated heterocycles. The highest BCUT2D eigenvalue weighted by Gasteiger charge is 2.20. The van der Waals surface area contributed by atoms with Gasteiger partial charge in [0.1, 0.15) is 5.56 Å². The quantitative estimate of drug-likeness (QED) is 0.466. The molecular weight excluding hydrogens is 376 g/mol. The summed E-state index contributed by atoms with van der Waals surface area (Å²) in [6, 6.07) is 10.2. The molecule has 1 heterocycles. The fourth-order valence-corrected chi connectivity index (χ4v) is 2.98. The molecule has 0 radical (unpaired) electrons. The molecular formula is C20H20N4O5. The first-order valence-corrected chi connectivity index (χ1v) is 8.78. The molecule has 0 bridgehead atoms. The van der Waals surface area contributed by atoms with Gasteiger partial charge < -0.3 is 14.6 Å². The largest absolute Gasteiger partial charge is 0.493 e. The molecule has 29 heavy (non-hydrogen) atoms. The first-order valence-electron chi connectivity index (χ1n) is 8.78. The minimum Gasteiger partial charge on any atom is -0.493 e. The van der Waals surface area contributed by atoms with Crippen molar-refractivity contribution in [3.63, 3.8) is 0 Å². The van der Waals surface area contributed by atoms with Crippen LogP contribution in [0.25, 0.3) is 10.9 Å². The van der Waals surface area contributed by atoms with Gasteiger partial charge in [0.15, 0.2) is 11.5 Å². The Morgan fingerprint density at radius 1 is 1.24 bits per heavy atom. The van der Waals surface area contributed by atoms with Crippen molar-refractivity contribution in [1.29, 1.82) is 0 Å². The molecule has 0 aliphatic heterocycles. The van der Waals surface area contributed by atoms with E-state index in [4.69, 9.17) is 9.47 Å². The monoisotopic (exact) mass is 396 g/mol. The van der Waals surface area contributed by atoms with Crippen molar-refractivity contribution in [2.75, 3.05) is 19.6 Å². The lowest BCUT2D eigenvalue weighted by Crippen LogP contribution is -2.23. The number of anilines is 1. The maximum Gasteiger partial charge on any atom is 0.340 e. The highest BCUT2D eigenvalue weighted by molar-refractivity contribution is 6.02. The molecule has 9 nitrogen and oxygen atoms in total. The summed E-state index contributed by atoms with van der Waals surface area (Å²) >= 11 is 0. The van der Waals surface area contributed by atoms with Crippen LogP contribution in [0.15, 0.2) is 46.3 Å². The smallest absolute Gasteiger partial charge is 0.340 e. The van der Waals surface area contributed by atoms with Gasteiger partial charge in [-0.2, -0.15) is 5.10 Å². The molecule has 0 spiro atoms. The Balaban J connectivity index is 2.01. The highest BCUT2D eigenvalue weighted by Crippen LogP contribution is 2.32. The molecule has 1 aromatic heterocycles. The van der Waals surface area contributed by atoms with Crippen molar-refractivity contribution in [1.82, 2.24) is 9.55 Å². The number of hydrogen-bond donors (Lipinski definition) is 2. The lowest BCUT2D eigenvalue weighted by atomic mass is 10.1. The minimum atomic E-state index is -1.18. The average Bonchev–Trinajstić information content (AvgIpc) is 2.73. The van der Waals surface area contributed by atoms with Gasteiger partial charge in [0, 0.05) is 12.1 Å². The van der Waals surface area contributed by atoms with Crippen molar-refractivity contribution in [2.24, 2.45) is 5.10 Å². The maximum atomic E-state index is 12.6. The summed E-state index contributed by atoms with van der Waals surface area (Å²) in [6.07, 6.45) is 1.33. The first-order chi connectivity index (χ1) is 14.0. The SMILES string of the molecule is CCn1c(N/N=C\c2ccc(OC)c(OC)c2C(=O)O)nc2ccccc2c1=O. The van der Waals surface area contributed by atoms with Gasteiger partial charge in [0.25, 0.3) is 5.56 Å². The molecule has 0 aliphatic rings. The summed E-state index contributed by atoms with van der Waals surface area (Å²) in [5, 5.41) is 14.2. The minimum absolute atomic E-state index is 0.0863. The van der Waals surface area contributed by atoms with Crippen molar-refractivity contribution >= 4 is 29.0 Å². The number of carboxylic acids is 1. The number of carbonyl (C=O) groups is 1. The Kier molecular flexibility index (Phi) is 5.77. The Bertz CT molecular complexity index is 1150. The topological polar surface area (TPSA) is 115 Å². The zero-order valence-corrected chi connectivity index (χ0v) is 16.2. The standard InChI is InChI=1S/C20H20N4O5/c1-4-24-18(25)13-7-5-6-8-14(13)22-20(24)23-21-11-12-9-10-15(28-2)17(29-3)16(12)19(26)27/h5-11H,4H2,1-3H3,(H,22,23)(H,26,27)/b21-11-. The van der Waals surface area contributed by atoms with E-state index >= 15 is 0 Å². The maximum absolute atomic E-state index is 12.6. The summed E-state index contributed by atoms with van der Waals surface area (Å²) in [5.74, 6) is -0.537. The molecule has 0 atom stereocenters. The van der Waals surface area contributed by atoms with Crippen LogP contribution in [0.4, 0.5) is 5.95 Å². The van der Waals surface area contributed by atoms with Crippen LogP contribution in [-0.2, 0) is 6.54 Å². The van der Waals surface area contributed by atoms with Gasteiger partial charge in [-0.15, -0.1) is 0 Å². The van der Waals surface area contributed by atoms with E-state index in [-0.39, 0.29) is 22.8 Å². The molecule has 3 rings (SSSR count). The lowest BCUT2D eigenvalue weighted by Gasteiger charge is -2.12. The summed E-state index contributed by atoms with van der Waals surface area (Å²) in [5.41, 5.74) is 3.30. The second-order valence-corrected chi connectivity index (χ2v) is 5.94. The number of nitrogens with one attached hydrogen (secondary N) is 1. The van der Waals surface area contributed by atoms with Crippen molar-refractivity contribution in [3.8, 4) is 11.5 Å². The molecule has 150 valence electrons. The number of methoxy groups -OCH3 is 2. The Hall–Kier alpha value is -3.88. The van der Waals surface area contributed by atoms with Crippen molar-refractivity contribution in [3.05, 3.63) is 57.9 Å². The van der Waals surface area contributed by atoms with E-state index < -0.39 is 5.97 Å². The molecule has 2 aromatic carbocycles. The number of hydrogen-bond acceptors (Lipinski definition) is 7. The van der Waals surface area contributed by atoms with Crippen LogP contribution in [-0.4, -0.2) is 41.1 Å². The summed E-state index contributed by atoms with van der Waals surface area (Å²) < 4.78 is 11.8. The molecule has 0 amide bonds. The number of aromatic carboxylic acids is 1. The zero-order valence-electron chi connectivity index (χ0n) is 16.2. The van der Waals surface area contributed by atoms with Crippen LogP contribution < -0.4 is 20.5 Å². The number of benzene rings is 2. The van der Waals surface area contributed by atoms with E-state index in [1.54, 1.807) is 36.4 Å². The van der Waals surface area contributed by atoms with E-state index in [0.29, 0.717) is 28.8 Å². The molecule has 0 aliphatic carbocycles. The number of hydrazone groups is 1. The highest BCUT2D eigenvalue weighted by atomic mass is 16.5. The zero-order chi connectivity index (χ0) is 21.0.